The molecule has 0 aliphatic carbocycles. The lowest BCUT2D eigenvalue weighted by molar-refractivity contribution is -0.149. The Morgan fingerprint density at radius 3 is 2.61 bits per heavy atom. The van der Waals surface area contributed by atoms with E-state index in [0.29, 0.717) is 25.5 Å². The number of esters is 1. The van der Waals surface area contributed by atoms with Crippen molar-refractivity contribution < 1.29 is 13.9 Å². The molecule has 1 aromatic carbocycles. The van der Waals surface area contributed by atoms with E-state index in [2.05, 4.69) is 41.2 Å². The maximum atomic E-state index is 11.9. The number of likely N-dealkylation sites (tertiary alicyclic amines) is 1. The minimum Gasteiger partial charge on any atom is -0.466 e. The number of hydrogen-bond acceptors (Lipinski definition) is 5. The van der Waals surface area contributed by atoms with Crippen LogP contribution in [0.3, 0.4) is 0 Å². The number of oxazole rings is 1. The molecule has 8 heteroatoms. The van der Waals surface area contributed by atoms with Gasteiger partial charge in [-0.05, 0) is 45.7 Å². The zero-order valence-electron chi connectivity index (χ0n) is 18.6. The molecule has 7 nitrogen and oxygen atoms in total. The van der Waals surface area contributed by atoms with Crippen molar-refractivity contribution in [3.05, 3.63) is 41.8 Å². The molecule has 1 N–H and O–H groups in total. The van der Waals surface area contributed by atoms with Crippen molar-refractivity contribution in [1.82, 2.24) is 15.2 Å². The van der Waals surface area contributed by atoms with Gasteiger partial charge in [-0.3, -0.25) is 9.79 Å². The molecule has 2 heterocycles. The molecule has 170 valence electrons. The normalized spacial score (nSPS) is 14.8. The van der Waals surface area contributed by atoms with E-state index in [1.165, 1.54) is 5.56 Å². The number of carbonyl (C=O) groups is 1. The number of aromatic nitrogens is 1. The lowest BCUT2D eigenvalue weighted by Gasteiger charge is -2.33. The summed E-state index contributed by atoms with van der Waals surface area (Å²) in [6.07, 6.45) is 4.02. The first-order valence-corrected chi connectivity index (χ1v) is 10.8. The summed E-state index contributed by atoms with van der Waals surface area (Å²) in [5, 5.41) is 3.36. The summed E-state index contributed by atoms with van der Waals surface area (Å²) in [4.78, 5) is 23.5. The Bertz CT molecular complexity index is 843. The second-order valence-electron chi connectivity index (χ2n) is 7.51. The highest BCUT2D eigenvalue weighted by atomic mass is 127. The first-order valence-electron chi connectivity index (χ1n) is 10.8. The molecular formula is C23H33IN4O3. The number of nitrogens with zero attached hydrogens (tertiary/aromatic N) is 3. The quantitative estimate of drug-likeness (QED) is 0.247. The van der Waals surface area contributed by atoms with Crippen LogP contribution >= 0.6 is 24.0 Å². The molecule has 3 rings (SSSR count). The van der Waals surface area contributed by atoms with Gasteiger partial charge in [0.2, 0.25) is 5.89 Å². The number of guanidine groups is 1. The van der Waals surface area contributed by atoms with Crippen LogP contribution in [-0.2, 0) is 16.0 Å². The number of nitrogens with one attached hydrogen (secondary N) is 1. The second-order valence-corrected chi connectivity index (χ2v) is 7.51. The van der Waals surface area contributed by atoms with Gasteiger partial charge >= 0.3 is 5.97 Å². The van der Waals surface area contributed by atoms with E-state index in [1.807, 2.05) is 19.1 Å². The summed E-state index contributed by atoms with van der Waals surface area (Å²) < 4.78 is 10.8. The molecule has 0 bridgehead atoms. The average Bonchev–Trinajstić information content (AvgIpc) is 3.23. The van der Waals surface area contributed by atoms with E-state index in [4.69, 9.17) is 14.1 Å². The van der Waals surface area contributed by atoms with Gasteiger partial charge in [0.05, 0.1) is 18.2 Å². The largest absolute Gasteiger partial charge is 0.466 e. The number of halogens is 1. The predicted octanol–water partition coefficient (Wildman–Crippen LogP) is 4.05. The van der Waals surface area contributed by atoms with Crippen LogP contribution in [0.1, 0.15) is 37.9 Å². The molecule has 0 atom stereocenters. The van der Waals surface area contributed by atoms with E-state index >= 15 is 0 Å². The van der Waals surface area contributed by atoms with Gasteiger partial charge in [0.15, 0.2) is 5.96 Å². The first kappa shape index (κ1) is 25.2. The average molecular weight is 540 g/mol. The van der Waals surface area contributed by atoms with Crippen LogP contribution in [0.15, 0.2) is 39.9 Å². The number of hydrogen-bond donors (Lipinski definition) is 1. The van der Waals surface area contributed by atoms with Crippen molar-refractivity contribution in [1.29, 1.82) is 0 Å². The van der Waals surface area contributed by atoms with Crippen LogP contribution in [0.4, 0.5) is 0 Å². The van der Waals surface area contributed by atoms with Gasteiger partial charge in [-0.2, -0.15) is 0 Å². The molecule has 31 heavy (non-hydrogen) atoms. The molecule has 0 unspecified atom stereocenters. The van der Waals surface area contributed by atoms with Crippen LogP contribution < -0.4 is 5.32 Å². The van der Waals surface area contributed by atoms with Crippen molar-refractivity contribution in [3.63, 3.8) is 0 Å². The van der Waals surface area contributed by atoms with E-state index in [-0.39, 0.29) is 35.9 Å². The minimum absolute atomic E-state index is 0. The third-order valence-corrected chi connectivity index (χ3v) is 5.23. The molecule has 1 aliphatic heterocycles. The summed E-state index contributed by atoms with van der Waals surface area (Å²) in [6.45, 7) is 9.45. The van der Waals surface area contributed by atoms with Crippen molar-refractivity contribution in [2.24, 2.45) is 10.9 Å². The molecule has 0 radical (unpaired) electrons. The molecule has 1 saturated heterocycles. The van der Waals surface area contributed by atoms with Crippen molar-refractivity contribution >= 4 is 35.9 Å². The Labute approximate surface area is 201 Å². The zero-order chi connectivity index (χ0) is 21.3. The van der Waals surface area contributed by atoms with Gasteiger partial charge in [-0.25, -0.2) is 4.98 Å². The standard InChI is InChI=1S/C23H32N4O3.HI/c1-4-24-23(27-14-11-19(12-15-27)22(28)29-5-2)25-13-10-20-16-30-21(26-20)18-8-6-17(3)7-9-18;/h6-9,16,19H,4-5,10-15H2,1-3H3,(H,24,25);1H. The molecule has 0 saturated carbocycles. The highest BCUT2D eigenvalue weighted by Crippen LogP contribution is 2.20. The highest BCUT2D eigenvalue weighted by molar-refractivity contribution is 14.0. The number of piperidine rings is 1. The van der Waals surface area contributed by atoms with Gasteiger partial charge in [0, 0.05) is 38.2 Å². The first-order chi connectivity index (χ1) is 14.6. The van der Waals surface area contributed by atoms with Gasteiger partial charge in [0.1, 0.15) is 6.26 Å². The molecule has 1 aromatic heterocycles. The SMILES string of the molecule is CCNC(=NCCc1coc(-c2ccc(C)cc2)n1)N1CCC(C(=O)OCC)CC1.I. The van der Waals surface area contributed by atoms with Crippen molar-refractivity contribution in [2.75, 3.05) is 32.8 Å². The number of carbonyl (C=O) groups excluding carboxylic acids is 1. The van der Waals surface area contributed by atoms with Crippen LogP contribution in [-0.4, -0.2) is 54.6 Å². The third kappa shape index (κ3) is 7.22. The van der Waals surface area contributed by atoms with Crippen molar-refractivity contribution in [3.8, 4) is 11.5 Å². The summed E-state index contributed by atoms with van der Waals surface area (Å²) in [6, 6.07) is 8.15. The molecular weight excluding hydrogens is 507 g/mol. The fraction of sp³-hybridized carbons (Fsp3) is 0.522. The fourth-order valence-corrected chi connectivity index (χ4v) is 3.54. The number of rotatable bonds is 7. The maximum Gasteiger partial charge on any atom is 0.309 e. The second kappa shape index (κ2) is 12.7. The van der Waals surface area contributed by atoms with Gasteiger partial charge in [-0.15, -0.1) is 24.0 Å². The van der Waals surface area contributed by atoms with Crippen LogP contribution in [0.2, 0.25) is 0 Å². The van der Waals surface area contributed by atoms with Crippen LogP contribution in [0.5, 0.6) is 0 Å². The summed E-state index contributed by atoms with van der Waals surface area (Å²) in [5.74, 6) is 1.46. The molecule has 1 fully saturated rings. The van der Waals surface area contributed by atoms with Gasteiger partial charge in [-0.1, -0.05) is 17.7 Å². The smallest absolute Gasteiger partial charge is 0.309 e. The van der Waals surface area contributed by atoms with Crippen molar-refractivity contribution in [2.45, 2.75) is 40.0 Å². The zero-order valence-corrected chi connectivity index (χ0v) is 20.9. The third-order valence-electron chi connectivity index (χ3n) is 5.23. The lowest BCUT2D eigenvalue weighted by Crippen LogP contribution is -2.46. The van der Waals surface area contributed by atoms with Crippen LogP contribution in [0.25, 0.3) is 11.5 Å². The van der Waals surface area contributed by atoms with Crippen LogP contribution in [0, 0.1) is 12.8 Å². The molecule has 0 amide bonds. The number of aliphatic imine (C=N–C) groups is 1. The van der Waals surface area contributed by atoms with E-state index in [0.717, 1.165) is 49.7 Å². The Balaban J connectivity index is 0.00000341. The maximum absolute atomic E-state index is 11.9. The summed E-state index contributed by atoms with van der Waals surface area (Å²) in [7, 11) is 0. The Kier molecular flexibility index (Phi) is 10.3. The number of aryl methyl sites for hydroxylation is 1. The number of benzene rings is 1. The molecule has 2 aromatic rings. The Morgan fingerprint density at radius 2 is 1.97 bits per heavy atom. The Morgan fingerprint density at radius 1 is 1.26 bits per heavy atom. The fourth-order valence-electron chi connectivity index (χ4n) is 3.54. The van der Waals surface area contributed by atoms with E-state index < -0.39 is 0 Å². The van der Waals surface area contributed by atoms with E-state index in [9.17, 15) is 4.79 Å². The summed E-state index contributed by atoms with van der Waals surface area (Å²) >= 11 is 0. The molecule has 1 aliphatic rings. The molecule has 0 spiro atoms. The lowest BCUT2D eigenvalue weighted by atomic mass is 9.97. The predicted molar refractivity (Wildman–Crippen MR) is 133 cm³/mol. The summed E-state index contributed by atoms with van der Waals surface area (Å²) in [5.41, 5.74) is 3.08. The van der Waals surface area contributed by atoms with Gasteiger partial charge in [0.25, 0.3) is 0 Å². The Hall–Kier alpha value is -2.10. The minimum atomic E-state index is -0.0745. The highest BCUT2D eigenvalue weighted by Gasteiger charge is 2.27. The van der Waals surface area contributed by atoms with E-state index in [1.54, 1.807) is 6.26 Å². The van der Waals surface area contributed by atoms with Gasteiger partial charge < -0.3 is 19.4 Å². The number of ether oxygens (including phenoxy) is 1. The monoisotopic (exact) mass is 540 g/mol. The topological polar surface area (TPSA) is 80.0 Å².